The number of carbonyl (C=O) groups is 1. The second-order valence-electron chi connectivity index (χ2n) is 5.75. The molecule has 1 fully saturated rings. The van der Waals surface area contributed by atoms with E-state index in [1.54, 1.807) is 0 Å². The van der Waals surface area contributed by atoms with E-state index in [4.69, 9.17) is 16.3 Å². The molecule has 1 N–H and O–H groups in total. The number of halogens is 1. The Bertz CT molecular complexity index is 468. The number of alkyl halides is 1. The van der Waals surface area contributed by atoms with E-state index in [9.17, 15) is 4.79 Å². The van der Waals surface area contributed by atoms with Crippen LogP contribution in [-0.2, 0) is 9.53 Å². The Morgan fingerprint density at radius 2 is 1.90 bits per heavy atom. The molecule has 3 unspecified atom stereocenters. The third-order valence-electron chi connectivity index (χ3n) is 3.51. The maximum absolute atomic E-state index is 11.0. The quantitative estimate of drug-likeness (QED) is 0.869. The van der Waals surface area contributed by atoms with Crippen molar-refractivity contribution < 1.29 is 9.53 Å². The van der Waals surface area contributed by atoms with Gasteiger partial charge < -0.3 is 10.1 Å². The third kappa shape index (κ3) is 4.99. The summed E-state index contributed by atoms with van der Waals surface area (Å²) in [6.45, 7) is 8.31. The first-order valence-electron chi connectivity index (χ1n) is 7.33. The lowest BCUT2D eigenvalue weighted by atomic mass is 10.1. The Balaban J connectivity index is 1.93. The Kier molecular flexibility index (Phi) is 5.62. The van der Waals surface area contributed by atoms with Crippen molar-refractivity contribution in [1.29, 1.82) is 0 Å². The first kappa shape index (κ1) is 16.3. The summed E-state index contributed by atoms with van der Waals surface area (Å²) in [4.78, 5) is 13.3. The van der Waals surface area contributed by atoms with E-state index >= 15 is 0 Å². The van der Waals surface area contributed by atoms with E-state index in [1.807, 2.05) is 24.3 Å². The highest BCUT2D eigenvalue weighted by Crippen LogP contribution is 2.24. The first-order chi connectivity index (χ1) is 9.94. The van der Waals surface area contributed by atoms with Crippen molar-refractivity contribution in [3.8, 4) is 0 Å². The van der Waals surface area contributed by atoms with Crippen molar-refractivity contribution >= 4 is 23.2 Å². The molecule has 0 bridgehead atoms. The fourth-order valence-corrected chi connectivity index (χ4v) is 3.08. The number of nitrogens with zero attached hydrogens (tertiary/aromatic N) is 1. The summed E-state index contributed by atoms with van der Waals surface area (Å²) in [5, 5.41) is 2.69. The molecular weight excluding hydrogens is 288 g/mol. The van der Waals surface area contributed by atoms with E-state index in [0.717, 1.165) is 30.9 Å². The molecule has 3 atom stereocenters. The van der Waals surface area contributed by atoms with Crippen LogP contribution >= 0.6 is 11.6 Å². The lowest BCUT2D eigenvalue weighted by molar-refractivity contribution is -0.114. The smallest absolute Gasteiger partial charge is 0.221 e. The molecule has 1 heterocycles. The number of benzene rings is 1. The van der Waals surface area contributed by atoms with Gasteiger partial charge in [0.15, 0.2) is 0 Å². The fraction of sp³-hybridized carbons (Fsp3) is 0.562. The molecule has 1 aliphatic rings. The van der Waals surface area contributed by atoms with Crippen molar-refractivity contribution in [1.82, 2.24) is 4.90 Å². The zero-order valence-electron chi connectivity index (χ0n) is 12.8. The molecule has 0 radical (unpaired) electrons. The maximum atomic E-state index is 11.0. The maximum Gasteiger partial charge on any atom is 0.221 e. The number of nitrogens with one attached hydrogen (secondary N) is 1. The number of hydrogen-bond acceptors (Lipinski definition) is 3. The lowest BCUT2D eigenvalue weighted by Crippen LogP contribution is -2.46. The molecule has 21 heavy (non-hydrogen) atoms. The van der Waals surface area contributed by atoms with E-state index < -0.39 is 0 Å². The van der Waals surface area contributed by atoms with Gasteiger partial charge in [-0.1, -0.05) is 12.1 Å². The van der Waals surface area contributed by atoms with Gasteiger partial charge in [-0.2, -0.15) is 0 Å². The highest BCUT2D eigenvalue weighted by atomic mass is 35.5. The van der Waals surface area contributed by atoms with Crippen LogP contribution in [0.4, 0.5) is 5.69 Å². The average Bonchev–Trinajstić information content (AvgIpc) is 2.37. The molecule has 0 spiro atoms. The SMILES string of the molecule is CC(=O)Nc1ccc(C(Cl)CN2CC(C)OC(C)C2)cc1. The van der Waals surface area contributed by atoms with Crippen LogP contribution < -0.4 is 5.32 Å². The number of rotatable bonds is 4. The minimum Gasteiger partial charge on any atom is -0.373 e. The lowest BCUT2D eigenvalue weighted by Gasteiger charge is -2.36. The fourth-order valence-electron chi connectivity index (χ4n) is 2.74. The summed E-state index contributed by atoms with van der Waals surface area (Å²) < 4.78 is 5.73. The van der Waals surface area contributed by atoms with Crippen LogP contribution in [0.2, 0.25) is 0 Å². The van der Waals surface area contributed by atoms with Crippen LogP contribution in [0.5, 0.6) is 0 Å². The van der Waals surface area contributed by atoms with Crippen molar-refractivity contribution in [2.75, 3.05) is 25.0 Å². The molecule has 1 aromatic carbocycles. The van der Waals surface area contributed by atoms with Crippen LogP contribution in [0.1, 0.15) is 31.7 Å². The standard InChI is InChI=1S/C16H23ClN2O2/c1-11-8-19(9-12(2)21-11)10-16(17)14-4-6-15(7-5-14)18-13(3)20/h4-7,11-12,16H,8-10H2,1-3H3,(H,18,20). The van der Waals surface area contributed by atoms with Crippen molar-refractivity contribution in [3.05, 3.63) is 29.8 Å². The summed E-state index contributed by atoms with van der Waals surface area (Å²) in [5.41, 5.74) is 1.86. The van der Waals surface area contributed by atoms with Gasteiger partial charge in [-0.25, -0.2) is 0 Å². The Hall–Kier alpha value is -1.10. The van der Waals surface area contributed by atoms with Gasteiger partial charge in [0.2, 0.25) is 5.91 Å². The van der Waals surface area contributed by atoms with Gasteiger partial charge in [0, 0.05) is 32.2 Å². The summed E-state index contributed by atoms with van der Waals surface area (Å²) in [6, 6.07) is 7.71. The number of carbonyl (C=O) groups excluding carboxylic acids is 1. The molecule has 4 nitrogen and oxygen atoms in total. The van der Waals surface area contributed by atoms with Crippen LogP contribution in [0.3, 0.4) is 0 Å². The Morgan fingerprint density at radius 1 is 1.33 bits per heavy atom. The highest BCUT2D eigenvalue weighted by molar-refractivity contribution is 6.21. The van der Waals surface area contributed by atoms with Crippen LogP contribution in [0, 0.1) is 0 Å². The van der Waals surface area contributed by atoms with Crippen LogP contribution in [0.25, 0.3) is 0 Å². The Labute approximate surface area is 131 Å². The summed E-state index contributed by atoms with van der Waals surface area (Å²) in [6.07, 6.45) is 0.500. The molecule has 0 aliphatic carbocycles. The van der Waals surface area contributed by atoms with E-state index in [-0.39, 0.29) is 23.5 Å². The van der Waals surface area contributed by atoms with Gasteiger partial charge in [0.1, 0.15) is 0 Å². The van der Waals surface area contributed by atoms with Crippen molar-refractivity contribution in [2.45, 2.75) is 38.4 Å². The second kappa shape index (κ2) is 7.25. The molecule has 2 rings (SSSR count). The highest BCUT2D eigenvalue weighted by Gasteiger charge is 2.24. The minimum absolute atomic E-state index is 0.0612. The van der Waals surface area contributed by atoms with Gasteiger partial charge in [-0.3, -0.25) is 9.69 Å². The molecule has 116 valence electrons. The van der Waals surface area contributed by atoms with Gasteiger partial charge >= 0.3 is 0 Å². The van der Waals surface area contributed by atoms with Crippen molar-refractivity contribution in [3.63, 3.8) is 0 Å². The molecule has 0 aromatic heterocycles. The Morgan fingerprint density at radius 3 is 2.43 bits per heavy atom. The molecule has 0 saturated carbocycles. The predicted molar refractivity (Wildman–Crippen MR) is 85.8 cm³/mol. The van der Waals surface area contributed by atoms with Crippen LogP contribution in [-0.4, -0.2) is 42.6 Å². The van der Waals surface area contributed by atoms with Crippen LogP contribution in [0.15, 0.2) is 24.3 Å². The molecule has 5 heteroatoms. The number of morpholine rings is 1. The monoisotopic (exact) mass is 310 g/mol. The number of amides is 1. The number of ether oxygens (including phenoxy) is 1. The molecule has 1 aliphatic heterocycles. The normalized spacial score (nSPS) is 24.6. The number of hydrogen-bond donors (Lipinski definition) is 1. The summed E-state index contributed by atoms with van der Waals surface area (Å²) in [7, 11) is 0. The van der Waals surface area contributed by atoms with E-state index in [0.29, 0.717) is 0 Å². The zero-order chi connectivity index (χ0) is 15.4. The largest absolute Gasteiger partial charge is 0.373 e. The second-order valence-corrected chi connectivity index (χ2v) is 6.27. The topological polar surface area (TPSA) is 41.6 Å². The van der Waals surface area contributed by atoms with Gasteiger partial charge in [0.25, 0.3) is 0 Å². The molecule has 1 saturated heterocycles. The van der Waals surface area contributed by atoms with Gasteiger partial charge in [0.05, 0.1) is 17.6 Å². The predicted octanol–water partition coefficient (Wildman–Crippen LogP) is 3.03. The third-order valence-corrected chi connectivity index (χ3v) is 3.90. The van der Waals surface area contributed by atoms with E-state index in [1.165, 1.54) is 6.92 Å². The van der Waals surface area contributed by atoms with Crippen molar-refractivity contribution in [2.24, 2.45) is 0 Å². The first-order valence-corrected chi connectivity index (χ1v) is 7.77. The average molecular weight is 311 g/mol. The summed E-state index contributed by atoms with van der Waals surface area (Å²) >= 11 is 6.52. The van der Waals surface area contributed by atoms with E-state index in [2.05, 4.69) is 24.1 Å². The molecular formula is C16H23ClN2O2. The number of anilines is 1. The molecule has 1 amide bonds. The molecule has 1 aromatic rings. The van der Waals surface area contributed by atoms with Gasteiger partial charge in [-0.05, 0) is 31.5 Å². The zero-order valence-corrected chi connectivity index (χ0v) is 13.6. The summed E-state index contributed by atoms with van der Waals surface area (Å²) in [5.74, 6) is -0.0681. The minimum atomic E-state index is -0.0681. The van der Waals surface area contributed by atoms with Gasteiger partial charge in [-0.15, -0.1) is 11.6 Å².